The number of amides is 1. The quantitative estimate of drug-likeness (QED) is 0.637. The summed E-state index contributed by atoms with van der Waals surface area (Å²) < 4.78 is 6.22. The van der Waals surface area contributed by atoms with E-state index in [0.717, 1.165) is 32.0 Å². The van der Waals surface area contributed by atoms with Gasteiger partial charge in [0, 0.05) is 24.2 Å². The van der Waals surface area contributed by atoms with Crippen molar-refractivity contribution in [1.29, 1.82) is 0 Å². The third-order valence-electron chi connectivity index (χ3n) is 4.77. The Morgan fingerprint density at radius 1 is 1.30 bits per heavy atom. The molecule has 0 aliphatic carbocycles. The molecule has 1 aliphatic rings. The van der Waals surface area contributed by atoms with Gasteiger partial charge in [0.25, 0.3) is 0 Å². The van der Waals surface area contributed by atoms with E-state index in [1.54, 1.807) is 23.2 Å². The fourth-order valence-corrected chi connectivity index (χ4v) is 4.41. The first-order valence-corrected chi connectivity index (χ1v) is 9.82. The molecule has 1 amide bonds. The van der Waals surface area contributed by atoms with E-state index in [1.807, 2.05) is 37.3 Å². The first kappa shape index (κ1) is 17.7. The Morgan fingerprint density at radius 2 is 2.11 bits per heavy atom. The lowest BCUT2D eigenvalue weighted by Gasteiger charge is -2.19. The van der Waals surface area contributed by atoms with E-state index in [4.69, 9.17) is 9.72 Å². The summed E-state index contributed by atoms with van der Waals surface area (Å²) in [6.07, 6.45) is 0.206. The zero-order chi connectivity index (χ0) is 19.0. The number of aromatic nitrogens is 1. The molecular formula is C21H20N2O3S. The molecule has 0 N–H and O–H groups in total. The van der Waals surface area contributed by atoms with Crippen LogP contribution in [0.15, 0.2) is 42.5 Å². The number of fused-ring (bicyclic) bond motifs is 1. The van der Waals surface area contributed by atoms with Crippen LogP contribution < -0.4 is 4.90 Å². The van der Waals surface area contributed by atoms with Crippen molar-refractivity contribution in [1.82, 2.24) is 4.98 Å². The minimum absolute atomic E-state index is 0.0381. The lowest BCUT2D eigenvalue weighted by atomic mass is 10.1. The van der Waals surface area contributed by atoms with Gasteiger partial charge in [-0.05, 0) is 49.7 Å². The number of para-hydroxylation sites is 1. The molecule has 1 atom stereocenters. The maximum atomic E-state index is 12.4. The van der Waals surface area contributed by atoms with Crippen LogP contribution in [0, 0.1) is 12.8 Å². The predicted octanol–water partition coefficient (Wildman–Crippen LogP) is 4.19. The van der Waals surface area contributed by atoms with Crippen LogP contribution in [0.3, 0.4) is 0 Å². The first-order chi connectivity index (χ1) is 13.1. The molecule has 1 aromatic heterocycles. The largest absolute Gasteiger partial charge is 0.466 e. The fourth-order valence-electron chi connectivity index (χ4n) is 3.45. The summed E-state index contributed by atoms with van der Waals surface area (Å²) in [5.41, 5.74) is 3.86. The minimum Gasteiger partial charge on any atom is -0.466 e. The van der Waals surface area contributed by atoms with Gasteiger partial charge in [0.15, 0.2) is 0 Å². The van der Waals surface area contributed by atoms with Gasteiger partial charge in [0.1, 0.15) is 5.01 Å². The summed E-state index contributed by atoms with van der Waals surface area (Å²) in [6, 6.07) is 14.1. The third-order valence-corrected chi connectivity index (χ3v) is 5.86. The maximum Gasteiger partial charge on any atom is 0.311 e. The van der Waals surface area contributed by atoms with Crippen molar-refractivity contribution in [2.45, 2.75) is 20.3 Å². The smallest absolute Gasteiger partial charge is 0.311 e. The Labute approximate surface area is 161 Å². The molecule has 1 saturated heterocycles. The molecule has 1 fully saturated rings. The Hall–Kier alpha value is -2.73. The molecule has 5 nitrogen and oxygen atoms in total. The highest BCUT2D eigenvalue weighted by Crippen LogP contribution is 2.34. The van der Waals surface area contributed by atoms with Crippen LogP contribution >= 0.6 is 11.3 Å². The summed E-state index contributed by atoms with van der Waals surface area (Å²) in [6.45, 7) is 4.47. The fraction of sp³-hybridized carbons (Fsp3) is 0.286. The molecule has 0 saturated carbocycles. The molecule has 0 bridgehead atoms. The number of carbonyl (C=O) groups excluding carboxylic acids is 2. The third kappa shape index (κ3) is 3.32. The number of rotatable bonds is 4. The van der Waals surface area contributed by atoms with Crippen molar-refractivity contribution in [3.05, 3.63) is 48.0 Å². The molecule has 27 heavy (non-hydrogen) atoms. The van der Waals surface area contributed by atoms with E-state index in [1.165, 1.54) is 0 Å². The van der Waals surface area contributed by atoms with Crippen molar-refractivity contribution in [3.63, 3.8) is 0 Å². The number of hydrogen-bond donors (Lipinski definition) is 0. The van der Waals surface area contributed by atoms with Crippen molar-refractivity contribution >= 4 is 39.1 Å². The van der Waals surface area contributed by atoms with Gasteiger partial charge in [-0.1, -0.05) is 12.1 Å². The van der Waals surface area contributed by atoms with Crippen LogP contribution in [-0.2, 0) is 14.3 Å². The number of nitrogens with zero attached hydrogens (tertiary/aromatic N) is 2. The van der Waals surface area contributed by atoms with Gasteiger partial charge in [0.2, 0.25) is 5.91 Å². The summed E-state index contributed by atoms with van der Waals surface area (Å²) in [5, 5.41) is 0.961. The monoisotopic (exact) mass is 380 g/mol. The molecule has 3 aromatic rings. The van der Waals surface area contributed by atoms with Gasteiger partial charge >= 0.3 is 5.97 Å². The Morgan fingerprint density at radius 3 is 2.85 bits per heavy atom. The van der Waals surface area contributed by atoms with Crippen molar-refractivity contribution in [2.75, 3.05) is 18.1 Å². The molecule has 0 radical (unpaired) electrons. The number of ether oxygens (including phenoxy) is 1. The number of carbonyl (C=O) groups is 2. The van der Waals surface area contributed by atoms with E-state index < -0.39 is 0 Å². The topological polar surface area (TPSA) is 59.5 Å². The minimum atomic E-state index is -0.388. The Kier molecular flexibility index (Phi) is 4.66. The number of esters is 1. The standard InChI is InChI=1S/C21H20N2O3S/c1-3-26-21(25)15-11-19(24)23(12-15)17-9-8-14(10-13(17)2)20-22-16-6-4-5-7-18(16)27-20/h4-10,15H,3,11-12H2,1-2H3. The summed E-state index contributed by atoms with van der Waals surface area (Å²) in [4.78, 5) is 30.8. The molecule has 0 spiro atoms. The second-order valence-corrected chi connectivity index (χ2v) is 7.68. The van der Waals surface area contributed by atoms with E-state index in [0.29, 0.717) is 13.2 Å². The highest BCUT2D eigenvalue weighted by molar-refractivity contribution is 7.21. The second-order valence-electron chi connectivity index (χ2n) is 6.65. The van der Waals surface area contributed by atoms with Crippen LogP contribution in [-0.4, -0.2) is 30.0 Å². The van der Waals surface area contributed by atoms with Gasteiger partial charge in [-0.15, -0.1) is 11.3 Å². The van der Waals surface area contributed by atoms with E-state index in [9.17, 15) is 9.59 Å². The average Bonchev–Trinajstić information content (AvgIpc) is 3.25. The van der Waals surface area contributed by atoms with Crippen LogP contribution in [0.2, 0.25) is 0 Å². The Balaban J connectivity index is 1.60. The lowest BCUT2D eigenvalue weighted by molar-refractivity contribution is -0.147. The molecule has 6 heteroatoms. The highest BCUT2D eigenvalue weighted by atomic mass is 32.1. The molecule has 1 aliphatic heterocycles. The highest BCUT2D eigenvalue weighted by Gasteiger charge is 2.36. The average molecular weight is 380 g/mol. The number of aryl methyl sites for hydroxylation is 1. The maximum absolute atomic E-state index is 12.4. The zero-order valence-electron chi connectivity index (χ0n) is 15.3. The van der Waals surface area contributed by atoms with Crippen molar-refractivity contribution < 1.29 is 14.3 Å². The van der Waals surface area contributed by atoms with Crippen molar-refractivity contribution in [3.8, 4) is 10.6 Å². The summed E-state index contributed by atoms with van der Waals surface area (Å²) >= 11 is 1.65. The second kappa shape index (κ2) is 7.12. The van der Waals surface area contributed by atoms with E-state index in [-0.39, 0.29) is 24.2 Å². The van der Waals surface area contributed by atoms with E-state index in [2.05, 4.69) is 12.1 Å². The van der Waals surface area contributed by atoms with Gasteiger partial charge < -0.3 is 9.64 Å². The van der Waals surface area contributed by atoms with Gasteiger partial charge in [-0.3, -0.25) is 9.59 Å². The summed E-state index contributed by atoms with van der Waals surface area (Å²) in [7, 11) is 0. The van der Waals surface area contributed by atoms with Crippen molar-refractivity contribution in [2.24, 2.45) is 5.92 Å². The van der Waals surface area contributed by atoms with Gasteiger partial charge in [0.05, 0.1) is 22.7 Å². The number of hydrogen-bond acceptors (Lipinski definition) is 5. The normalized spacial score (nSPS) is 16.9. The van der Waals surface area contributed by atoms with Crippen LogP contribution in [0.4, 0.5) is 5.69 Å². The van der Waals surface area contributed by atoms with E-state index >= 15 is 0 Å². The van der Waals surface area contributed by atoms with Crippen LogP contribution in [0.25, 0.3) is 20.8 Å². The van der Waals surface area contributed by atoms with Gasteiger partial charge in [-0.2, -0.15) is 0 Å². The number of anilines is 1. The van der Waals surface area contributed by atoms with Crippen LogP contribution in [0.1, 0.15) is 18.9 Å². The molecule has 2 aromatic carbocycles. The molecular weight excluding hydrogens is 360 g/mol. The lowest BCUT2D eigenvalue weighted by Crippen LogP contribution is -2.27. The molecule has 2 heterocycles. The molecule has 1 unspecified atom stereocenters. The first-order valence-electron chi connectivity index (χ1n) is 9.00. The van der Waals surface area contributed by atoms with Crippen LogP contribution in [0.5, 0.6) is 0 Å². The predicted molar refractivity (Wildman–Crippen MR) is 107 cm³/mol. The molecule has 4 rings (SSSR count). The SMILES string of the molecule is CCOC(=O)C1CC(=O)N(c2ccc(-c3nc4ccccc4s3)cc2C)C1. The number of thiazole rings is 1. The summed E-state index contributed by atoms with van der Waals surface area (Å²) in [5.74, 6) is -0.721. The number of benzene rings is 2. The molecule has 138 valence electrons. The Bertz CT molecular complexity index is 994. The van der Waals surface area contributed by atoms with Gasteiger partial charge in [-0.25, -0.2) is 4.98 Å². The zero-order valence-corrected chi connectivity index (χ0v) is 16.1.